The van der Waals surface area contributed by atoms with Crippen LogP contribution in [0.15, 0.2) is 35.5 Å². The first-order valence-electron chi connectivity index (χ1n) is 9.41. The number of anilines is 1. The molecule has 0 atom stereocenters. The van der Waals surface area contributed by atoms with Crippen LogP contribution in [0.2, 0.25) is 0 Å². The molecule has 2 aromatic rings. The van der Waals surface area contributed by atoms with Gasteiger partial charge >= 0.3 is 0 Å². The van der Waals surface area contributed by atoms with Gasteiger partial charge in [0.2, 0.25) is 0 Å². The van der Waals surface area contributed by atoms with Crippen LogP contribution in [0.25, 0.3) is 0 Å². The standard InChI is InChI=1S/C20H30N6.HI/c1-5-21-20(22-15-18-9-10-23-24(18)4)26-13-11-25(12-14-26)19-8-6-7-16(2)17(19)3;/h6-10H,5,11-15H2,1-4H3,(H,21,22);1H. The summed E-state index contributed by atoms with van der Waals surface area (Å²) < 4.78 is 1.88. The number of benzene rings is 1. The largest absolute Gasteiger partial charge is 0.368 e. The molecule has 0 saturated carbocycles. The number of hydrogen-bond donors (Lipinski definition) is 1. The molecular formula is C20H31IN6. The maximum Gasteiger partial charge on any atom is 0.194 e. The molecular weight excluding hydrogens is 451 g/mol. The first-order chi connectivity index (χ1) is 12.6. The Morgan fingerprint density at radius 2 is 1.89 bits per heavy atom. The van der Waals surface area contributed by atoms with Gasteiger partial charge in [-0.05, 0) is 44.0 Å². The van der Waals surface area contributed by atoms with Gasteiger partial charge in [0.25, 0.3) is 0 Å². The van der Waals surface area contributed by atoms with E-state index in [4.69, 9.17) is 4.99 Å². The van der Waals surface area contributed by atoms with E-state index in [1.54, 1.807) is 0 Å². The minimum absolute atomic E-state index is 0. The van der Waals surface area contributed by atoms with E-state index in [1.165, 1.54) is 16.8 Å². The summed E-state index contributed by atoms with van der Waals surface area (Å²) in [5, 5.41) is 7.66. The van der Waals surface area contributed by atoms with E-state index < -0.39 is 0 Å². The van der Waals surface area contributed by atoms with Gasteiger partial charge in [-0.2, -0.15) is 5.10 Å². The zero-order valence-electron chi connectivity index (χ0n) is 16.8. The Bertz CT molecular complexity index is 762. The van der Waals surface area contributed by atoms with Gasteiger partial charge in [-0.15, -0.1) is 24.0 Å². The summed E-state index contributed by atoms with van der Waals surface area (Å²) in [4.78, 5) is 9.67. The molecule has 0 amide bonds. The SMILES string of the molecule is CCNC(=NCc1ccnn1C)N1CCN(c2cccc(C)c2C)CC1.I. The number of hydrogen-bond acceptors (Lipinski definition) is 3. The van der Waals surface area contributed by atoms with Crippen molar-refractivity contribution in [2.75, 3.05) is 37.6 Å². The molecule has 148 valence electrons. The number of rotatable bonds is 4. The normalized spacial score (nSPS) is 14.9. The first kappa shape index (κ1) is 21.5. The van der Waals surface area contributed by atoms with Crippen molar-refractivity contribution < 1.29 is 0 Å². The minimum Gasteiger partial charge on any atom is -0.368 e. The third kappa shape index (κ3) is 5.15. The number of aliphatic imine (C=N–C) groups is 1. The van der Waals surface area contributed by atoms with Gasteiger partial charge in [-0.25, -0.2) is 4.99 Å². The Balaban J connectivity index is 0.00000261. The molecule has 7 heteroatoms. The van der Waals surface area contributed by atoms with Crippen LogP contribution in [0.5, 0.6) is 0 Å². The van der Waals surface area contributed by atoms with Crippen molar-refractivity contribution in [3.8, 4) is 0 Å². The van der Waals surface area contributed by atoms with Gasteiger partial charge < -0.3 is 15.1 Å². The second kappa shape index (κ2) is 9.96. The molecule has 0 spiro atoms. The molecule has 1 N–H and O–H groups in total. The van der Waals surface area contributed by atoms with Gasteiger partial charge in [0.1, 0.15) is 0 Å². The van der Waals surface area contributed by atoms with Crippen molar-refractivity contribution in [1.82, 2.24) is 20.0 Å². The molecule has 2 heterocycles. The molecule has 0 unspecified atom stereocenters. The summed E-state index contributed by atoms with van der Waals surface area (Å²) in [5.74, 6) is 0.995. The molecule has 6 nitrogen and oxygen atoms in total. The number of nitrogens with one attached hydrogen (secondary N) is 1. The average molecular weight is 482 g/mol. The summed E-state index contributed by atoms with van der Waals surface area (Å²) in [5.41, 5.74) is 5.23. The van der Waals surface area contributed by atoms with Crippen LogP contribution < -0.4 is 10.2 Å². The van der Waals surface area contributed by atoms with E-state index in [0.29, 0.717) is 6.54 Å². The minimum atomic E-state index is 0. The van der Waals surface area contributed by atoms with Crippen LogP contribution in [0.4, 0.5) is 5.69 Å². The maximum absolute atomic E-state index is 4.82. The number of halogens is 1. The fraction of sp³-hybridized carbons (Fsp3) is 0.500. The van der Waals surface area contributed by atoms with Crippen LogP contribution in [0, 0.1) is 13.8 Å². The maximum atomic E-state index is 4.82. The Morgan fingerprint density at radius 3 is 2.52 bits per heavy atom. The lowest BCUT2D eigenvalue weighted by Crippen LogP contribution is -2.52. The zero-order valence-corrected chi connectivity index (χ0v) is 19.1. The highest BCUT2D eigenvalue weighted by Gasteiger charge is 2.21. The second-order valence-corrected chi connectivity index (χ2v) is 6.81. The Labute approximate surface area is 179 Å². The van der Waals surface area contributed by atoms with Gasteiger partial charge in [0.15, 0.2) is 5.96 Å². The van der Waals surface area contributed by atoms with Crippen molar-refractivity contribution in [3.63, 3.8) is 0 Å². The van der Waals surface area contributed by atoms with Crippen LogP contribution in [-0.2, 0) is 13.6 Å². The Hall–Kier alpha value is -1.77. The highest BCUT2D eigenvalue weighted by Crippen LogP contribution is 2.23. The number of guanidine groups is 1. The monoisotopic (exact) mass is 482 g/mol. The van der Waals surface area contributed by atoms with E-state index in [1.807, 2.05) is 24.0 Å². The summed E-state index contributed by atoms with van der Waals surface area (Å²) in [6, 6.07) is 8.60. The zero-order chi connectivity index (χ0) is 18.5. The molecule has 1 saturated heterocycles. The second-order valence-electron chi connectivity index (χ2n) is 6.81. The molecule has 1 aliphatic heterocycles. The van der Waals surface area contributed by atoms with E-state index >= 15 is 0 Å². The fourth-order valence-corrected chi connectivity index (χ4v) is 3.38. The molecule has 0 bridgehead atoms. The molecule has 0 radical (unpaired) electrons. The average Bonchev–Trinajstić information content (AvgIpc) is 3.06. The molecule has 1 fully saturated rings. The van der Waals surface area contributed by atoms with Crippen LogP contribution in [0.3, 0.4) is 0 Å². The molecule has 3 rings (SSSR count). The van der Waals surface area contributed by atoms with Crippen LogP contribution in [0.1, 0.15) is 23.7 Å². The molecule has 0 aliphatic carbocycles. The van der Waals surface area contributed by atoms with Gasteiger partial charge in [0, 0.05) is 51.7 Å². The number of nitrogens with zero attached hydrogens (tertiary/aromatic N) is 5. The number of aryl methyl sites for hydroxylation is 2. The quantitative estimate of drug-likeness (QED) is 0.414. The Morgan fingerprint density at radius 1 is 1.15 bits per heavy atom. The molecule has 1 aliphatic rings. The van der Waals surface area contributed by atoms with Gasteiger partial charge in [-0.3, -0.25) is 4.68 Å². The third-order valence-electron chi connectivity index (χ3n) is 5.14. The lowest BCUT2D eigenvalue weighted by molar-refractivity contribution is 0.372. The summed E-state index contributed by atoms with van der Waals surface area (Å²) in [7, 11) is 1.96. The smallest absolute Gasteiger partial charge is 0.194 e. The van der Waals surface area contributed by atoms with E-state index in [9.17, 15) is 0 Å². The summed E-state index contributed by atoms with van der Waals surface area (Å²) in [6.07, 6.45) is 1.82. The molecule has 1 aromatic carbocycles. The van der Waals surface area contributed by atoms with Crippen molar-refractivity contribution in [2.24, 2.45) is 12.0 Å². The highest BCUT2D eigenvalue weighted by atomic mass is 127. The van der Waals surface area contributed by atoms with E-state index in [0.717, 1.165) is 44.4 Å². The molecule has 27 heavy (non-hydrogen) atoms. The summed E-state index contributed by atoms with van der Waals surface area (Å²) in [6.45, 7) is 12.0. The number of aromatic nitrogens is 2. The fourth-order valence-electron chi connectivity index (χ4n) is 3.38. The van der Waals surface area contributed by atoms with Crippen molar-refractivity contribution >= 4 is 35.6 Å². The lowest BCUT2D eigenvalue weighted by atomic mass is 10.1. The van der Waals surface area contributed by atoms with Gasteiger partial charge in [0.05, 0.1) is 12.2 Å². The van der Waals surface area contributed by atoms with Crippen molar-refractivity contribution in [2.45, 2.75) is 27.3 Å². The van der Waals surface area contributed by atoms with E-state index in [-0.39, 0.29) is 24.0 Å². The Kier molecular flexibility index (Phi) is 7.94. The van der Waals surface area contributed by atoms with Crippen LogP contribution >= 0.6 is 24.0 Å². The lowest BCUT2D eigenvalue weighted by Gasteiger charge is -2.38. The molecule has 1 aromatic heterocycles. The first-order valence-corrected chi connectivity index (χ1v) is 9.41. The van der Waals surface area contributed by atoms with Crippen molar-refractivity contribution in [3.05, 3.63) is 47.3 Å². The number of piperazine rings is 1. The van der Waals surface area contributed by atoms with Crippen molar-refractivity contribution in [1.29, 1.82) is 0 Å². The topological polar surface area (TPSA) is 48.7 Å². The predicted molar refractivity (Wildman–Crippen MR) is 123 cm³/mol. The predicted octanol–water partition coefficient (Wildman–Crippen LogP) is 2.94. The summed E-state index contributed by atoms with van der Waals surface area (Å²) >= 11 is 0. The van der Waals surface area contributed by atoms with Gasteiger partial charge in [-0.1, -0.05) is 12.1 Å². The third-order valence-corrected chi connectivity index (χ3v) is 5.14. The highest BCUT2D eigenvalue weighted by molar-refractivity contribution is 14.0. The van der Waals surface area contributed by atoms with Crippen LogP contribution in [-0.4, -0.2) is 53.4 Å². The van der Waals surface area contributed by atoms with E-state index in [2.05, 4.69) is 59.2 Å².